The number of benzene rings is 2. The van der Waals surface area contributed by atoms with Gasteiger partial charge in [-0.2, -0.15) is 5.26 Å². The van der Waals surface area contributed by atoms with Gasteiger partial charge in [-0.25, -0.2) is 4.98 Å². The van der Waals surface area contributed by atoms with Crippen LogP contribution < -0.4 is 15.1 Å². The molecule has 3 aromatic rings. The van der Waals surface area contributed by atoms with Crippen molar-refractivity contribution in [2.45, 2.75) is 50.2 Å². The largest absolute Gasteiger partial charge is 0.507 e. The van der Waals surface area contributed by atoms with E-state index in [1.807, 2.05) is 42.6 Å². The van der Waals surface area contributed by atoms with Crippen LogP contribution in [-0.2, 0) is 0 Å². The molecule has 3 heterocycles. The minimum Gasteiger partial charge on any atom is -0.507 e. The third-order valence-corrected chi connectivity index (χ3v) is 8.37. The average molecular weight is 480 g/mol. The Balaban J connectivity index is 1.33. The monoisotopic (exact) mass is 479 g/mol. The smallest absolute Gasteiger partial charge is 0.129 e. The number of hydrogen-bond acceptors (Lipinski definition) is 6. The first-order chi connectivity index (χ1) is 17.7. The predicted molar refractivity (Wildman–Crippen MR) is 143 cm³/mol. The number of nitrogens with zero attached hydrogens (tertiary/aromatic N) is 4. The van der Waals surface area contributed by atoms with Crippen LogP contribution in [0.25, 0.3) is 11.1 Å². The second-order valence-electron chi connectivity index (χ2n) is 10.4. The molecule has 0 bridgehead atoms. The summed E-state index contributed by atoms with van der Waals surface area (Å²) in [5.74, 6) is 1.80. The van der Waals surface area contributed by atoms with Gasteiger partial charge in [0, 0.05) is 61.1 Å². The van der Waals surface area contributed by atoms with Gasteiger partial charge in [0.25, 0.3) is 0 Å². The lowest BCUT2D eigenvalue weighted by Gasteiger charge is -2.47. The number of phenols is 1. The lowest BCUT2D eigenvalue weighted by Crippen LogP contribution is -2.56. The normalized spacial score (nSPS) is 25.9. The maximum absolute atomic E-state index is 10.5. The summed E-state index contributed by atoms with van der Waals surface area (Å²) in [7, 11) is 0. The highest BCUT2D eigenvalue weighted by atomic mass is 16.3. The van der Waals surface area contributed by atoms with Crippen molar-refractivity contribution in [3.63, 3.8) is 0 Å². The van der Waals surface area contributed by atoms with Gasteiger partial charge < -0.3 is 20.2 Å². The van der Waals surface area contributed by atoms with Crippen LogP contribution in [0.4, 0.5) is 11.5 Å². The van der Waals surface area contributed by atoms with Gasteiger partial charge in [0.2, 0.25) is 0 Å². The number of nitrogens with one attached hydrogen (secondary N) is 1. The fourth-order valence-corrected chi connectivity index (χ4v) is 6.58. The van der Waals surface area contributed by atoms with Crippen molar-refractivity contribution in [2.24, 2.45) is 5.92 Å². The van der Waals surface area contributed by atoms with Crippen molar-refractivity contribution in [1.29, 1.82) is 5.26 Å². The minimum atomic E-state index is 0.302. The van der Waals surface area contributed by atoms with Crippen molar-refractivity contribution >= 4 is 11.5 Å². The van der Waals surface area contributed by atoms with E-state index in [9.17, 15) is 10.4 Å². The fourth-order valence-electron chi connectivity index (χ4n) is 6.58. The van der Waals surface area contributed by atoms with Crippen LogP contribution in [0, 0.1) is 17.2 Å². The molecular formula is C30H33N5O. The van der Waals surface area contributed by atoms with E-state index in [1.165, 1.54) is 31.4 Å². The lowest BCUT2D eigenvalue weighted by atomic mass is 9.86. The molecule has 0 spiro atoms. The lowest BCUT2D eigenvalue weighted by molar-refractivity contribution is 0.316. The summed E-state index contributed by atoms with van der Waals surface area (Å²) in [5, 5.41) is 23.6. The number of hydrogen-bond donors (Lipinski definition) is 2. The molecule has 6 heteroatoms. The van der Waals surface area contributed by atoms with Gasteiger partial charge >= 0.3 is 0 Å². The van der Waals surface area contributed by atoms with E-state index in [0.29, 0.717) is 35.4 Å². The van der Waals surface area contributed by atoms with Crippen LogP contribution >= 0.6 is 0 Å². The van der Waals surface area contributed by atoms with E-state index >= 15 is 0 Å². The Labute approximate surface area is 213 Å². The number of fused-ring (bicyclic) bond motifs is 2. The molecule has 6 nitrogen and oxygen atoms in total. The zero-order valence-corrected chi connectivity index (χ0v) is 20.6. The summed E-state index contributed by atoms with van der Waals surface area (Å²) >= 11 is 0. The van der Waals surface area contributed by atoms with E-state index < -0.39 is 0 Å². The molecule has 0 amide bonds. The van der Waals surface area contributed by atoms with Gasteiger partial charge in [-0.15, -0.1) is 0 Å². The Morgan fingerprint density at radius 3 is 2.64 bits per heavy atom. The molecule has 2 aliphatic heterocycles. The molecule has 3 aliphatic rings. The molecule has 184 valence electrons. The zero-order chi connectivity index (χ0) is 24.5. The number of piperidine rings is 1. The molecule has 2 N–H and O–H groups in total. The van der Waals surface area contributed by atoms with Crippen molar-refractivity contribution in [3.05, 3.63) is 72.4 Å². The number of rotatable bonds is 3. The summed E-state index contributed by atoms with van der Waals surface area (Å²) < 4.78 is 0. The number of phenolic OH excluding ortho intramolecular Hbond substituents is 1. The Bertz CT molecular complexity index is 1250. The van der Waals surface area contributed by atoms with Gasteiger partial charge in [-0.1, -0.05) is 31.0 Å². The first kappa shape index (κ1) is 22.9. The molecule has 1 aromatic heterocycles. The molecule has 2 aromatic carbocycles. The van der Waals surface area contributed by atoms with E-state index in [2.05, 4.69) is 39.4 Å². The maximum Gasteiger partial charge on any atom is 0.129 e. The molecule has 4 unspecified atom stereocenters. The highest BCUT2D eigenvalue weighted by molar-refractivity contribution is 5.72. The number of para-hydroxylation sites is 1. The van der Waals surface area contributed by atoms with Crippen molar-refractivity contribution in [1.82, 2.24) is 10.3 Å². The van der Waals surface area contributed by atoms with Crippen LogP contribution in [0.5, 0.6) is 5.75 Å². The molecular weight excluding hydrogens is 446 g/mol. The number of aromatic hydroxyl groups is 1. The SMILES string of the molecule is N#Cc1ccc(N2CCC3C(CNC4CCCCC4N3c3cc(-c4ccccc4O)ccn3)C2)cc1. The van der Waals surface area contributed by atoms with Crippen molar-refractivity contribution < 1.29 is 5.11 Å². The number of pyridine rings is 1. The molecule has 3 fully saturated rings. The quantitative estimate of drug-likeness (QED) is 0.554. The van der Waals surface area contributed by atoms with Crippen LogP contribution in [-0.4, -0.2) is 47.9 Å². The molecule has 2 saturated heterocycles. The van der Waals surface area contributed by atoms with Crippen molar-refractivity contribution in [2.75, 3.05) is 29.4 Å². The second kappa shape index (κ2) is 9.83. The van der Waals surface area contributed by atoms with Crippen molar-refractivity contribution in [3.8, 4) is 22.9 Å². The van der Waals surface area contributed by atoms with Crippen LogP contribution in [0.2, 0.25) is 0 Å². The summed E-state index contributed by atoms with van der Waals surface area (Å²) in [6, 6.07) is 23.3. The van der Waals surface area contributed by atoms with E-state index in [-0.39, 0.29) is 0 Å². The maximum atomic E-state index is 10.5. The fraction of sp³-hybridized carbons (Fsp3) is 0.400. The third kappa shape index (κ3) is 4.29. The number of anilines is 2. The van der Waals surface area contributed by atoms with Crippen LogP contribution in [0.3, 0.4) is 0 Å². The molecule has 1 aliphatic carbocycles. The Hall–Kier alpha value is -3.56. The first-order valence-electron chi connectivity index (χ1n) is 13.2. The minimum absolute atomic E-state index is 0.302. The molecule has 6 rings (SSSR count). The molecule has 0 radical (unpaired) electrons. The summed E-state index contributed by atoms with van der Waals surface area (Å²) in [5.41, 5.74) is 3.76. The summed E-state index contributed by atoms with van der Waals surface area (Å²) in [6.07, 6.45) is 7.89. The van der Waals surface area contributed by atoms with E-state index in [4.69, 9.17) is 4.98 Å². The Morgan fingerprint density at radius 1 is 0.972 bits per heavy atom. The Morgan fingerprint density at radius 2 is 1.81 bits per heavy atom. The van der Waals surface area contributed by atoms with E-state index in [0.717, 1.165) is 43.0 Å². The Kier molecular flexibility index (Phi) is 6.25. The van der Waals surface area contributed by atoms with Gasteiger partial charge in [-0.3, -0.25) is 0 Å². The first-order valence-corrected chi connectivity index (χ1v) is 13.2. The highest BCUT2D eigenvalue weighted by Gasteiger charge is 2.43. The molecule has 1 saturated carbocycles. The van der Waals surface area contributed by atoms with Crippen LogP contribution in [0.1, 0.15) is 37.7 Å². The summed E-state index contributed by atoms with van der Waals surface area (Å²) in [6.45, 7) is 2.98. The highest BCUT2D eigenvalue weighted by Crippen LogP contribution is 2.38. The average Bonchev–Trinajstić information content (AvgIpc) is 3.10. The van der Waals surface area contributed by atoms with Gasteiger partial charge in [0.05, 0.1) is 11.6 Å². The predicted octanol–water partition coefficient (Wildman–Crippen LogP) is 4.94. The zero-order valence-electron chi connectivity index (χ0n) is 20.6. The van der Waals surface area contributed by atoms with Gasteiger partial charge in [0.1, 0.15) is 11.6 Å². The standard InChI is InChI=1S/C30H33N5O/c31-18-21-9-11-24(12-10-21)34-16-14-27-23(20-34)19-33-26-6-2-3-7-28(26)35(27)30-17-22(13-15-32-30)25-5-1-4-8-29(25)36/h1,4-5,8-13,15,17,23,26-28,33,36H,2-3,6-7,14,16,19-20H2. The molecule has 36 heavy (non-hydrogen) atoms. The summed E-state index contributed by atoms with van der Waals surface area (Å²) in [4.78, 5) is 10.0. The second-order valence-corrected chi connectivity index (χ2v) is 10.4. The third-order valence-electron chi connectivity index (χ3n) is 8.37. The van der Waals surface area contributed by atoms with Crippen LogP contribution in [0.15, 0.2) is 66.9 Å². The number of aromatic nitrogens is 1. The van der Waals surface area contributed by atoms with E-state index in [1.54, 1.807) is 6.07 Å². The molecule has 4 atom stereocenters. The van der Waals surface area contributed by atoms with Gasteiger partial charge in [-0.05, 0) is 67.3 Å². The topological polar surface area (TPSA) is 75.4 Å². The van der Waals surface area contributed by atoms with Gasteiger partial charge in [0.15, 0.2) is 0 Å². The number of nitriles is 1.